The van der Waals surface area contributed by atoms with Crippen LogP contribution in [-0.2, 0) is 10.0 Å². The first-order valence-corrected chi connectivity index (χ1v) is 8.38. The minimum atomic E-state index is -3.52. The molecule has 0 bridgehead atoms. The van der Waals surface area contributed by atoms with Gasteiger partial charge < -0.3 is 5.32 Å². The largest absolute Gasteiger partial charge is 0.316 e. The van der Waals surface area contributed by atoms with Crippen LogP contribution < -0.4 is 10.0 Å². The van der Waals surface area contributed by atoms with E-state index in [-0.39, 0.29) is 22.3 Å². The molecule has 1 fully saturated rings. The smallest absolute Gasteiger partial charge is 0.240 e. The molecule has 1 aromatic carbocycles. The van der Waals surface area contributed by atoms with Gasteiger partial charge in [0.25, 0.3) is 0 Å². The molecule has 2 N–H and O–H groups in total. The molecule has 1 unspecified atom stereocenters. The van der Waals surface area contributed by atoms with Crippen LogP contribution in [0.15, 0.2) is 23.1 Å². The highest BCUT2D eigenvalue weighted by molar-refractivity contribution is 7.89. The summed E-state index contributed by atoms with van der Waals surface area (Å²) in [6.45, 7) is 2.30. The van der Waals surface area contributed by atoms with Crippen LogP contribution >= 0.6 is 35.6 Å². The Balaban J connectivity index is 0.00000200. The van der Waals surface area contributed by atoms with Gasteiger partial charge in [-0.05, 0) is 50.0 Å². The van der Waals surface area contributed by atoms with Gasteiger partial charge in [0, 0.05) is 6.54 Å². The standard InChI is InChI=1S/C12H16Cl2N2O2S.ClH/c13-11-4-3-10(6-12(11)14)19(17,18)16-8-9-2-1-5-15-7-9;/h3-4,6,9,15-16H,1-2,5,7-8H2;1H. The topological polar surface area (TPSA) is 58.2 Å². The van der Waals surface area contributed by atoms with Crippen LogP contribution in [0.2, 0.25) is 10.0 Å². The summed E-state index contributed by atoms with van der Waals surface area (Å²) >= 11 is 11.6. The number of sulfonamides is 1. The Morgan fingerprint density at radius 3 is 2.65 bits per heavy atom. The van der Waals surface area contributed by atoms with Crippen LogP contribution in [0.25, 0.3) is 0 Å². The summed E-state index contributed by atoms with van der Waals surface area (Å²) in [5, 5.41) is 3.84. The number of halogens is 3. The minimum absolute atomic E-state index is 0. The van der Waals surface area contributed by atoms with Gasteiger partial charge in [0.2, 0.25) is 10.0 Å². The quantitative estimate of drug-likeness (QED) is 0.869. The summed E-state index contributed by atoms with van der Waals surface area (Å²) in [6, 6.07) is 4.31. The lowest BCUT2D eigenvalue weighted by atomic mass is 10.0. The van der Waals surface area contributed by atoms with Gasteiger partial charge in [-0.15, -0.1) is 12.4 Å². The fourth-order valence-electron chi connectivity index (χ4n) is 2.05. The number of rotatable bonds is 4. The zero-order valence-electron chi connectivity index (χ0n) is 10.7. The number of nitrogens with one attached hydrogen (secondary N) is 2. The Bertz CT molecular complexity index is 546. The predicted octanol–water partition coefficient (Wildman–Crippen LogP) is 2.69. The van der Waals surface area contributed by atoms with E-state index in [0.29, 0.717) is 17.5 Å². The molecule has 0 spiro atoms. The maximum absolute atomic E-state index is 12.1. The van der Waals surface area contributed by atoms with Gasteiger partial charge in [-0.3, -0.25) is 0 Å². The van der Waals surface area contributed by atoms with E-state index in [9.17, 15) is 8.42 Å². The maximum atomic E-state index is 12.1. The minimum Gasteiger partial charge on any atom is -0.316 e. The van der Waals surface area contributed by atoms with Crippen LogP contribution in [0.5, 0.6) is 0 Å². The van der Waals surface area contributed by atoms with E-state index in [4.69, 9.17) is 23.2 Å². The molecule has 8 heteroatoms. The normalized spacial score (nSPS) is 19.4. The molecule has 20 heavy (non-hydrogen) atoms. The average Bonchev–Trinajstić information content (AvgIpc) is 2.41. The lowest BCUT2D eigenvalue weighted by Gasteiger charge is -2.22. The summed E-state index contributed by atoms with van der Waals surface area (Å²) < 4.78 is 26.8. The van der Waals surface area contributed by atoms with Crippen molar-refractivity contribution in [1.29, 1.82) is 0 Å². The van der Waals surface area contributed by atoms with Gasteiger partial charge in [0.1, 0.15) is 0 Å². The summed E-state index contributed by atoms with van der Waals surface area (Å²) in [7, 11) is -3.52. The third-order valence-corrected chi connectivity index (χ3v) is 5.32. The Kier molecular flexibility index (Phi) is 7.04. The van der Waals surface area contributed by atoms with Crippen LogP contribution in [0.3, 0.4) is 0 Å². The Hall–Kier alpha value is -0.0400. The van der Waals surface area contributed by atoms with E-state index >= 15 is 0 Å². The molecule has 1 heterocycles. The predicted molar refractivity (Wildman–Crippen MR) is 84.5 cm³/mol. The van der Waals surface area contributed by atoms with E-state index in [0.717, 1.165) is 25.9 Å². The Labute approximate surface area is 135 Å². The fraction of sp³-hybridized carbons (Fsp3) is 0.500. The van der Waals surface area contributed by atoms with Crippen molar-refractivity contribution in [2.75, 3.05) is 19.6 Å². The number of benzene rings is 1. The first-order chi connectivity index (χ1) is 8.99. The molecule has 0 saturated carbocycles. The zero-order valence-corrected chi connectivity index (χ0v) is 13.9. The Morgan fingerprint density at radius 2 is 2.05 bits per heavy atom. The molecule has 1 aromatic rings. The van der Waals surface area contributed by atoms with E-state index in [1.165, 1.54) is 18.2 Å². The summed E-state index contributed by atoms with van der Waals surface area (Å²) in [5.41, 5.74) is 0. The van der Waals surface area contributed by atoms with E-state index < -0.39 is 10.0 Å². The second-order valence-corrected chi connectivity index (χ2v) is 7.22. The van der Waals surface area contributed by atoms with Crippen LogP contribution in [0, 0.1) is 5.92 Å². The van der Waals surface area contributed by atoms with Crippen molar-refractivity contribution < 1.29 is 8.42 Å². The van der Waals surface area contributed by atoms with Crippen molar-refractivity contribution in [3.05, 3.63) is 28.2 Å². The Morgan fingerprint density at radius 1 is 1.30 bits per heavy atom. The van der Waals surface area contributed by atoms with E-state index in [1.807, 2.05) is 0 Å². The third-order valence-electron chi connectivity index (χ3n) is 3.16. The fourth-order valence-corrected chi connectivity index (χ4v) is 3.56. The van der Waals surface area contributed by atoms with Gasteiger partial charge in [0.05, 0.1) is 14.9 Å². The van der Waals surface area contributed by atoms with Crippen LogP contribution in [0.1, 0.15) is 12.8 Å². The maximum Gasteiger partial charge on any atom is 0.240 e. The first kappa shape index (κ1) is 18.0. The van der Waals surface area contributed by atoms with Gasteiger partial charge in [-0.2, -0.15) is 0 Å². The molecule has 114 valence electrons. The number of hydrogen-bond donors (Lipinski definition) is 2. The highest BCUT2D eigenvalue weighted by Gasteiger charge is 2.19. The van der Waals surface area contributed by atoms with Crippen molar-refractivity contribution in [2.24, 2.45) is 5.92 Å². The molecule has 1 aliphatic rings. The molecule has 0 aliphatic carbocycles. The average molecular weight is 360 g/mol. The SMILES string of the molecule is Cl.O=S(=O)(NCC1CCCNC1)c1ccc(Cl)c(Cl)c1. The van der Waals surface area contributed by atoms with Gasteiger partial charge in [-0.25, -0.2) is 13.1 Å². The molecule has 0 aromatic heterocycles. The summed E-state index contributed by atoms with van der Waals surface area (Å²) in [5.74, 6) is 0.339. The van der Waals surface area contributed by atoms with Crippen molar-refractivity contribution in [1.82, 2.24) is 10.0 Å². The lowest BCUT2D eigenvalue weighted by molar-refractivity contribution is 0.376. The van der Waals surface area contributed by atoms with Crippen LogP contribution in [-0.4, -0.2) is 28.1 Å². The van der Waals surface area contributed by atoms with Crippen molar-refractivity contribution in [3.8, 4) is 0 Å². The van der Waals surface area contributed by atoms with E-state index in [1.54, 1.807) is 0 Å². The third kappa shape index (κ3) is 4.76. The zero-order chi connectivity index (χ0) is 13.9. The second-order valence-electron chi connectivity index (χ2n) is 4.64. The van der Waals surface area contributed by atoms with Crippen LogP contribution in [0.4, 0.5) is 0 Å². The van der Waals surface area contributed by atoms with E-state index in [2.05, 4.69) is 10.0 Å². The number of piperidine rings is 1. The molecule has 1 aliphatic heterocycles. The molecule has 0 amide bonds. The monoisotopic (exact) mass is 358 g/mol. The van der Waals surface area contributed by atoms with Crippen molar-refractivity contribution >= 4 is 45.6 Å². The molecule has 1 atom stereocenters. The number of hydrogen-bond acceptors (Lipinski definition) is 3. The highest BCUT2D eigenvalue weighted by Crippen LogP contribution is 2.24. The lowest BCUT2D eigenvalue weighted by Crippen LogP contribution is -2.38. The molecular formula is C12H17Cl3N2O2S. The van der Waals surface area contributed by atoms with Gasteiger partial charge >= 0.3 is 0 Å². The highest BCUT2D eigenvalue weighted by atomic mass is 35.5. The van der Waals surface area contributed by atoms with Gasteiger partial charge in [-0.1, -0.05) is 23.2 Å². The molecule has 4 nitrogen and oxygen atoms in total. The molecular weight excluding hydrogens is 343 g/mol. The van der Waals surface area contributed by atoms with Crippen molar-refractivity contribution in [2.45, 2.75) is 17.7 Å². The molecule has 2 rings (SSSR count). The summed E-state index contributed by atoms with van der Waals surface area (Å²) in [4.78, 5) is 0.144. The molecule has 1 saturated heterocycles. The first-order valence-electron chi connectivity index (χ1n) is 6.14. The summed E-state index contributed by atoms with van der Waals surface area (Å²) in [6.07, 6.45) is 2.12. The van der Waals surface area contributed by atoms with Crippen molar-refractivity contribution in [3.63, 3.8) is 0 Å². The van der Waals surface area contributed by atoms with Gasteiger partial charge in [0.15, 0.2) is 0 Å². The molecule has 0 radical (unpaired) electrons. The second kappa shape index (κ2) is 7.82.